The second-order valence-electron chi connectivity index (χ2n) is 6.94. The normalized spacial score (nSPS) is 34.5. The molecule has 0 aromatic heterocycles. The van der Waals surface area contributed by atoms with Gasteiger partial charge in [-0.25, -0.2) is 9.69 Å². The number of rotatable bonds is 4. The molecule has 3 heterocycles. The van der Waals surface area contributed by atoms with Gasteiger partial charge in [-0.15, -0.1) is 0 Å². The number of imide groups is 1. The summed E-state index contributed by atoms with van der Waals surface area (Å²) in [6.07, 6.45) is 3.40. The third kappa shape index (κ3) is 1.98. The molecular weight excluding hydrogens is 338 g/mol. The van der Waals surface area contributed by atoms with E-state index < -0.39 is 47.4 Å². The Bertz CT molecular complexity index is 848. The van der Waals surface area contributed by atoms with Gasteiger partial charge in [-0.05, 0) is 26.0 Å². The highest BCUT2D eigenvalue weighted by atomic mass is 16.5. The summed E-state index contributed by atoms with van der Waals surface area (Å²) in [5.41, 5.74) is -1.79. The van der Waals surface area contributed by atoms with Crippen LogP contribution in [0.1, 0.15) is 24.2 Å². The number of esters is 1. The SMILES string of the molecule is CCOC(=O)c1ccccc1N1C(=O)[C@H]2[C@H](C1=O)[C@@]1(CO)C=C[C@@]2(C)O1. The van der Waals surface area contributed by atoms with Gasteiger partial charge >= 0.3 is 5.97 Å². The molecule has 2 bridgehead atoms. The van der Waals surface area contributed by atoms with Crippen molar-refractivity contribution in [3.63, 3.8) is 0 Å². The Hall–Kier alpha value is -2.51. The number of fused-ring (bicyclic) bond motifs is 5. The zero-order chi connectivity index (χ0) is 18.7. The van der Waals surface area contributed by atoms with E-state index in [1.54, 1.807) is 44.2 Å². The highest BCUT2D eigenvalue weighted by Crippen LogP contribution is 2.57. The second kappa shape index (κ2) is 5.49. The number of ether oxygens (including phenoxy) is 2. The van der Waals surface area contributed by atoms with Crippen LogP contribution in [0, 0.1) is 11.8 Å². The Balaban J connectivity index is 1.79. The fourth-order valence-electron chi connectivity index (χ4n) is 4.33. The van der Waals surface area contributed by atoms with E-state index in [0.717, 1.165) is 4.90 Å². The third-order valence-corrected chi connectivity index (χ3v) is 5.44. The van der Waals surface area contributed by atoms with Crippen molar-refractivity contribution in [2.75, 3.05) is 18.1 Å². The van der Waals surface area contributed by atoms with Gasteiger partial charge in [0.05, 0.1) is 41.9 Å². The quantitative estimate of drug-likeness (QED) is 0.492. The first-order valence-electron chi connectivity index (χ1n) is 8.54. The molecule has 0 radical (unpaired) electrons. The van der Waals surface area contributed by atoms with Gasteiger partial charge in [-0.1, -0.05) is 24.3 Å². The molecule has 26 heavy (non-hydrogen) atoms. The van der Waals surface area contributed by atoms with E-state index in [4.69, 9.17) is 9.47 Å². The van der Waals surface area contributed by atoms with Crippen LogP contribution in [0.4, 0.5) is 5.69 Å². The van der Waals surface area contributed by atoms with Crippen LogP contribution in [-0.2, 0) is 19.1 Å². The molecule has 3 aliphatic heterocycles. The summed E-state index contributed by atoms with van der Waals surface area (Å²) in [5.74, 6) is -3.05. The van der Waals surface area contributed by atoms with Crippen molar-refractivity contribution in [2.45, 2.75) is 25.0 Å². The molecular formula is C19H19NO6. The zero-order valence-electron chi connectivity index (χ0n) is 14.5. The van der Waals surface area contributed by atoms with Crippen molar-refractivity contribution in [1.29, 1.82) is 0 Å². The van der Waals surface area contributed by atoms with E-state index in [0.29, 0.717) is 0 Å². The minimum Gasteiger partial charge on any atom is -0.462 e. The number of hydrogen-bond acceptors (Lipinski definition) is 6. The number of nitrogens with zero attached hydrogens (tertiary/aromatic N) is 1. The first kappa shape index (κ1) is 16.9. The summed E-state index contributed by atoms with van der Waals surface area (Å²) in [7, 11) is 0. The first-order valence-corrected chi connectivity index (χ1v) is 8.54. The molecule has 2 saturated heterocycles. The maximum Gasteiger partial charge on any atom is 0.340 e. The number of benzene rings is 1. The number of para-hydroxylation sites is 1. The molecule has 1 aromatic rings. The zero-order valence-corrected chi connectivity index (χ0v) is 14.5. The minimum absolute atomic E-state index is 0.153. The van der Waals surface area contributed by atoms with E-state index in [-0.39, 0.29) is 17.9 Å². The van der Waals surface area contributed by atoms with Gasteiger partial charge < -0.3 is 14.6 Å². The molecule has 136 valence electrons. The largest absolute Gasteiger partial charge is 0.462 e. The van der Waals surface area contributed by atoms with Crippen LogP contribution in [0.15, 0.2) is 36.4 Å². The summed E-state index contributed by atoms with van der Waals surface area (Å²) in [6, 6.07) is 6.37. The lowest BCUT2D eigenvalue weighted by molar-refractivity contribution is -0.131. The lowest BCUT2D eigenvalue weighted by atomic mass is 9.73. The summed E-state index contributed by atoms with van der Waals surface area (Å²) < 4.78 is 10.9. The van der Waals surface area contributed by atoms with Crippen molar-refractivity contribution in [1.82, 2.24) is 0 Å². The summed E-state index contributed by atoms with van der Waals surface area (Å²) in [4.78, 5) is 39.6. The van der Waals surface area contributed by atoms with Gasteiger partial charge in [-0.2, -0.15) is 0 Å². The third-order valence-electron chi connectivity index (χ3n) is 5.44. The number of hydrogen-bond donors (Lipinski definition) is 1. The monoisotopic (exact) mass is 357 g/mol. The number of anilines is 1. The van der Waals surface area contributed by atoms with E-state index in [1.807, 2.05) is 0 Å². The maximum absolute atomic E-state index is 13.2. The minimum atomic E-state index is -1.19. The van der Waals surface area contributed by atoms with Crippen molar-refractivity contribution >= 4 is 23.5 Å². The van der Waals surface area contributed by atoms with Crippen LogP contribution in [0.5, 0.6) is 0 Å². The molecule has 7 nitrogen and oxygen atoms in total. The van der Waals surface area contributed by atoms with E-state index in [1.165, 1.54) is 6.07 Å². The molecule has 7 heteroatoms. The smallest absolute Gasteiger partial charge is 0.340 e. The van der Waals surface area contributed by atoms with Gasteiger partial charge in [0.25, 0.3) is 0 Å². The summed E-state index contributed by atoms with van der Waals surface area (Å²) in [5, 5.41) is 9.85. The molecule has 0 unspecified atom stereocenters. The van der Waals surface area contributed by atoms with Crippen LogP contribution in [0.3, 0.4) is 0 Å². The molecule has 3 aliphatic rings. The number of carbonyl (C=O) groups is 3. The molecule has 2 amide bonds. The van der Waals surface area contributed by atoms with Crippen LogP contribution in [0.2, 0.25) is 0 Å². The fourth-order valence-corrected chi connectivity index (χ4v) is 4.33. The Labute approximate surface area is 150 Å². The molecule has 1 aromatic carbocycles. The Morgan fingerprint density at radius 2 is 1.92 bits per heavy atom. The Kier molecular flexibility index (Phi) is 3.58. The standard InChI is InChI=1S/C19H19NO6/c1-3-25-17(24)11-6-4-5-7-12(11)20-15(22)13-14(16(20)23)19(10-21)9-8-18(13,2)26-19/h4-9,13-14,21H,3,10H2,1-2H3/t13-,14-,18-,19+/m1/s1. The van der Waals surface area contributed by atoms with Gasteiger partial charge in [0, 0.05) is 0 Å². The van der Waals surface area contributed by atoms with Crippen molar-refractivity contribution in [3.8, 4) is 0 Å². The van der Waals surface area contributed by atoms with E-state index >= 15 is 0 Å². The average molecular weight is 357 g/mol. The van der Waals surface area contributed by atoms with Crippen molar-refractivity contribution in [3.05, 3.63) is 42.0 Å². The highest BCUT2D eigenvalue weighted by molar-refractivity contribution is 6.25. The molecule has 0 saturated carbocycles. The predicted octanol–water partition coefficient (Wildman–Crippen LogP) is 1.06. The second-order valence-corrected chi connectivity index (χ2v) is 6.94. The van der Waals surface area contributed by atoms with Gasteiger partial charge in [0.15, 0.2) is 0 Å². The molecule has 4 atom stereocenters. The lowest BCUT2D eigenvalue weighted by Crippen LogP contribution is -2.43. The number of aliphatic hydroxyl groups is 1. The number of carbonyl (C=O) groups excluding carboxylic acids is 3. The molecule has 4 rings (SSSR count). The van der Waals surface area contributed by atoms with Crippen LogP contribution in [-0.4, -0.2) is 47.3 Å². The molecule has 0 aliphatic carbocycles. The Morgan fingerprint density at radius 1 is 1.23 bits per heavy atom. The fraction of sp³-hybridized carbons (Fsp3) is 0.421. The summed E-state index contributed by atoms with van der Waals surface area (Å²) in [6.45, 7) is 3.21. The molecule has 0 spiro atoms. The van der Waals surface area contributed by atoms with Gasteiger partial charge in [0.1, 0.15) is 5.60 Å². The first-order chi connectivity index (χ1) is 12.4. The topological polar surface area (TPSA) is 93.1 Å². The maximum atomic E-state index is 13.2. The predicted molar refractivity (Wildman–Crippen MR) is 90.3 cm³/mol. The summed E-state index contributed by atoms with van der Waals surface area (Å²) >= 11 is 0. The molecule has 2 fully saturated rings. The van der Waals surface area contributed by atoms with Gasteiger partial charge in [0.2, 0.25) is 11.8 Å². The number of amides is 2. The number of aliphatic hydroxyl groups excluding tert-OH is 1. The molecule has 1 N–H and O–H groups in total. The van der Waals surface area contributed by atoms with Crippen LogP contribution in [0.25, 0.3) is 0 Å². The van der Waals surface area contributed by atoms with Crippen molar-refractivity contribution < 1.29 is 29.0 Å². The lowest BCUT2D eigenvalue weighted by Gasteiger charge is -2.27. The Morgan fingerprint density at radius 3 is 2.62 bits per heavy atom. The highest BCUT2D eigenvalue weighted by Gasteiger charge is 2.72. The van der Waals surface area contributed by atoms with E-state index in [2.05, 4.69) is 0 Å². The van der Waals surface area contributed by atoms with Crippen LogP contribution < -0.4 is 4.90 Å². The van der Waals surface area contributed by atoms with Gasteiger partial charge in [-0.3, -0.25) is 9.59 Å². The average Bonchev–Trinajstić information content (AvgIpc) is 3.21. The van der Waals surface area contributed by atoms with Crippen molar-refractivity contribution in [2.24, 2.45) is 11.8 Å². The van der Waals surface area contributed by atoms with Crippen LogP contribution >= 0.6 is 0 Å². The van der Waals surface area contributed by atoms with E-state index in [9.17, 15) is 19.5 Å².